The predicted molar refractivity (Wildman–Crippen MR) is 76.2 cm³/mol. The molecule has 1 aliphatic carbocycles. The lowest BCUT2D eigenvalue weighted by Crippen LogP contribution is -2.49. The average molecular weight is 265 g/mol. The predicted octanol–water partition coefficient (Wildman–Crippen LogP) is 2.20. The molecule has 19 heavy (non-hydrogen) atoms. The second-order valence-corrected chi connectivity index (χ2v) is 6.28. The topological polar surface area (TPSA) is 35.6 Å². The van der Waals surface area contributed by atoms with Gasteiger partial charge in [-0.25, -0.2) is 4.79 Å². The number of nitrogens with one attached hydrogen (secondary N) is 1. The van der Waals surface area contributed by atoms with Gasteiger partial charge in [0.2, 0.25) is 0 Å². The van der Waals surface area contributed by atoms with E-state index in [1.807, 2.05) is 0 Å². The molecule has 3 rings (SSSR count). The molecule has 2 amide bonds. The van der Waals surface area contributed by atoms with Gasteiger partial charge in [-0.3, -0.25) is 0 Å². The Hall–Kier alpha value is -0.770. The lowest BCUT2D eigenvalue weighted by Gasteiger charge is -2.37. The van der Waals surface area contributed by atoms with Gasteiger partial charge in [0.1, 0.15) is 0 Å². The molecular weight excluding hydrogens is 238 g/mol. The summed E-state index contributed by atoms with van der Waals surface area (Å²) in [5, 5.41) is 3.41. The summed E-state index contributed by atoms with van der Waals surface area (Å²) in [6, 6.07) is 1.85. The Morgan fingerprint density at radius 2 is 1.79 bits per heavy atom. The van der Waals surface area contributed by atoms with Gasteiger partial charge in [0, 0.05) is 12.6 Å². The molecule has 0 spiro atoms. The highest BCUT2D eigenvalue weighted by Crippen LogP contribution is 2.36. The summed E-state index contributed by atoms with van der Waals surface area (Å²) in [6.45, 7) is 5.26. The molecule has 4 heteroatoms. The van der Waals surface area contributed by atoms with Crippen molar-refractivity contribution in [2.24, 2.45) is 0 Å². The van der Waals surface area contributed by atoms with Gasteiger partial charge in [-0.15, -0.1) is 0 Å². The number of piperidine rings is 1. The number of hydrogen-bond acceptors (Lipinski definition) is 2. The van der Waals surface area contributed by atoms with Crippen LogP contribution in [0.1, 0.15) is 51.9 Å². The van der Waals surface area contributed by atoms with Crippen molar-refractivity contribution in [3.63, 3.8) is 0 Å². The van der Waals surface area contributed by atoms with E-state index in [0.717, 1.165) is 38.9 Å². The van der Waals surface area contributed by atoms with Crippen LogP contribution in [-0.2, 0) is 0 Å². The highest BCUT2D eigenvalue weighted by Gasteiger charge is 2.48. The summed E-state index contributed by atoms with van der Waals surface area (Å²) in [6.07, 6.45) is 8.39. The van der Waals surface area contributed by atoms with E-state index in [4.69, 9.17) is 0 Å². The SMILES string of the molecule is CCCN1C(=O)N(C2CCNCC2)[C@H]2CCCC[C@@H]21. The molecular formula is C15H27N3O. The van der Waals surface area contributed by atoms with Crippen LogP contribution in [-0.4, -0.2) is 53.6 Å². The van der Waals surface area contributed by atoms with Gasteiger partial charge in [-0.2, -0.15) is 0 Å². The van der Waals surface area contributed by atoms with E-state index in [1.54, 1.807) is 0 Å². The number of rotatable bonds is 3. The van der Waals surface area contributed by atoms with Gasteiger partial charge in [-0.1, -0.05) is 19.8 Å². The minimum absolute atomic E-state index is 0.339. The largest absolute Gasteiger partial charge is 0.320 e. The maximum absolute atomic E-state index is 12.8. The maximum atomic E-state index is 12.8. The third-order valence-electron chi connectivity index (χ3n) is 5.08. The first-order valence-electron chi connectivity index (χ1n) is 8.12. The van der Waals surface area contributed by atoms with Gasteiger partial charge in [0.15, 0.2) is 0 Å². The fourth-order valence-electron chi connectivity index (χ4n) is 4.23. The van der Waals surface area contributed by atoms with Crippen LogP contribution in [0.4, 0.5) is 4.79 Å². The average Bonchev–Trinajstić information content (AvgIpc) is 2.73. The first kappa shape index (κ1) is 13.2. The number of fused-ring (bicyclic) bond motifs is 1. The van der Waals surface area contributed by atoms with Gasteiger partial charge < -0.3 is 15.1 Å². The Bertz CT molecular complexity index is 327. The van der Waals surface area contributed by atoms with Crippen LogP contribution in [0.5, 0.6) is 0 Å². The van der Waals surface area contributed by atoms with Crippen LogP contribution >= 0.6 is 0 Å². The number of carbonyl (C=O) groups excluding carboxylic acids is 1. The van der Waals surface area contributed by atoms with Crippen molar-refractivity contribution < 1.29 is 4.79 Å². The monoisotopic (exact) mass is 265 g/mol. The fraction of sp³-hybridized carbons (Fsp3) is 0.933. The van der Waals surface area contributed by atoms with Crippen molar-refractivity contribution in [2.75, 3.05) is 19.6 Å². The molecule has 2 aliphatic heterocycles. The Balaban J connectivity index is 1.79. The molecule has 4 nitrogen and oxygen atoms in total. The molecule has 0 unspecified atom stereocenters. The number of amides is 2. The van der Waals surface area contributed by atoms with Crippen LogP contribution in [0.3, 0.4) is 0 Å². The molecule has 1 N–H and O–H groups in total. The molecule has 2 heterocycles. The lowest BCUT2D eigenvalue weighted by molar-refractivity contribution is 0.138. The summed E-state index contributed by atoms with van der Waals surface area (Å²) < 4.78 is 0. The Kier molecular flexibility index (Phi) is 3.96. The first-order valence-corrected chi connectivity index (χ1v) is 8.12. The molecule has 2 atom stereocenters. The smallest absolute Gasteiger partial charge is 0.320 e. The van der Waals surface area contributed by atoms with E-state index in [9.17, 15) is 4.79 Å². The van der Waals surface area contributed by atoms with Gasteiger partial charge >= 0.3 is 6.03 Å². The standard InChI is InChI=1S/C15H27N3O/c1-2-11-17-13-5-3-4-6-14(13)18(15(17)19)12-7-9-16-10-8-12/h12-14,16H,2-11H2,1H3/t13-,14-/m0/s1. The minimum atomic E-state index is 0.339. The Morgan fingerprint density at radius 3 is 2.47 bits per heavy atom. The quantitative estimate of drug-likeness (QED) is 0.849. The molecule has 3 fully saturated rings. The molecule has 0 aromatic heterocycles. The molecule has 2 saturated heterocycles. The van der Waals surface area contributed by atoms with Gasteiger partial charge in [0.05, 0.1) is 12.1 Å². The molecule has 3 aliphatic rings. The van der Waals surface area contributed by atoms with Crippen molar-refractivity contribution in [1.29, 1.82) is 0 Å². The second-order valence-electron chi connectivity index (χ2n) is 6.28. The van der Waals surface area contributed by atoms with E-state index in [0.29, 0.717) is 24.2 Å². The van der Waals surface area contributed by atoms with E-state index >= 15 is 0 Å². The second kappa shape index (κ2) is 5.70. The molecule has 0 aromatic rings. The van der Waals surface area contributed by atoms with E-state index < -0.39 is 0 Å². The van der Waals surface area contributed by atoms with Crippen molar-refractivity contribution in [1.82, 2.24) is 15.1 Å². The molecule has 108 valence electrons. The summed E-state index contributed by atoms with van der Waals surface area (Å²) in [5.74, 6) is 0. The van der Waals surface area contributed by atoms with E-state index in [-0.39, 0.29) is 0 Å². The lowest BCUT2D eigenvalue weighted by atomic mass is 9.89. The van der Waals surface area contributed by atoms with Crippen molar-refractivity contribution in [2.45, 2.75) is 70.0 Å². The van der Waals surface area contributed by atoms with Crippen LogP contribution < -0.4 is 5.32 Å². The van der Waals surface area contributed by atoms with Crippen LogP contribution in [0.2, 0.25) is 0 Å². The number of nitrogens with zero attached hydrogens (tertiary/aromatic N) is 2. The van der Waals surface area contributed by atoms with Crippen LogP contribution in [0, 0.1) is 0 Å². The molecule has 0 aromatic carbocycles. The molecule has 0 radical (unpaired) electrons. The van der Waals surface area contributed by atoms with E-state index in [2.05, 4.69) is 22.0 Å². The number of urea groups is 1. The molecule has 1 saturated carbocycles. The minimum Gasteiger partial charge on any atom is -0.320 e. The number of carbonyl (C=O) groups is 1. The summed E-state index contributed by atoms with van der Waals surface area (Å²) in [5.41, 5.74) is 0. The summed E-state index contributed by atoms with van der Waals surface area (Å²) in [7, 11) is 0. The zero-order chi connectivity index (χ0) is 13.2. The third-order valence-corrected chi connectivity index (χ3v) is 5.08. The van der Waals surface area contributed by atoms with Gasteiger partial charge in [0.25, 0.3) is 0 Å². The summed E-state index contributed by atoms with van der Waals surface area (Å²) >= 11 is 0. The van der Waals surface area contributed by atoms with Crippen LogP contribution in [0.15, 0.2) is 0 Å². The van der Waals surface area contributed by atoms with Gasteiger partial charge in [-0.05, 0) is 45.2 Å². The third kappa shape index (κ3) is 2.35. The van der Waals surface area contributed by atoms with Crippen molar-refractivity contribution >= 4 is 6.03 Å². The highest BCUT2D eigenvalue weighted by atomic mass is 16.2. The van der Waals surface area contributed by atoms with Crippen LogP contribution in [0.25, 0.3) is 0 Å². The van der Waals surface area contributed by atoms with Crippen molar-refractivity contribution in [3.05, 3.63) is 0 Å². The zero-order valence-electron chi connectivity index (χ0n) is 12.1. The summed E-state index contributed by atoms with van der Waals surface area (Å²) in [4.78, 5) is 17.3. The maximum Gasteiger partial charge on any atom is 0.320 e. The highest BCUT2D eigenvalue weighted by molar-refractivity contribution is 5.78. The molecule has 0 bridgehead atoms. The first-order chi connectivity index (χ1) is 9.33. The Morgan fingerprint density at radius 1 is 1.11 bits per heavy atom. The normalized spacial score (nSPS) is 32.8. The number of hydrogen-bond donors (Lipinski definition) is 1. The Labute approximate surface area is 116 Å². The fourth-order valence-corrected chi connectivity index (χ4v) is 4.23. The van der Waals surface area contributed by atoms with Crippen molar-refractivity contribution in [3.8, 4) is 0 Å². The van der Waals surface area contributed by atoms with E-state index in [1.165, 1.54) is 25.7 Å². The zero-order valence-corrected chi connectivity index (χ0v) is 12.1.